The first-order valence-electron chi connectivity index (χ1n) is 4.66. The predicted molar refractivity (Wildman–Crippen MR) is 74.7 cm³/mol. The molecule has 0 aliphatic heterocycles. The second kappa shape index (κ2) is 5.44. The Balaban J connectivity index is 2.21. The number of nitriles is 1. The maximum absolute atomic E-state index is 10.8. The van der Waals surface area contributed by atoms with E-state index in [0.29, 0.717) is 14.4 Å². The molecule has 4 nitrogen and oxygen atoms in total. The van der Waals surface area contributed by atoms with Crippen LogP contribution in [0.4, 0.5) is 0 Å². The molecule has 0 fully saturated rings. The lowest BCUT2D eigenvalue weighted by Crippen LogP contribution is -1.96. The van der Waals surface area contributed by atoms with E-state index in [9.17, 15) is 4.79 Å². The third kappa shape index (κ3) is 2.85. The van der Waals surface area contributed by atoms with Gasteiger partial charge < -0.3 is 5.11 Å². The lowest BCUT2D eigenvalue weighted by molar-refractivity contribution is 0.0690. The summed E-state index contributed by atoms with van der Waals surface area (Å²) in [4.78, 5) is 15.7. The SMILES string of the molecule is N#Cc1csc(/C=C/c2nc(C(=O)O)c(Br)s2)c1. The highest BCUT2D eigenvalue weighted by Gasteiger charge is 2.13. The second-order valence-corrected chi connectivity index (χ2v) is 6.45. The van der Waals surface area contributed by atoms with Gasteiger partial charge in [0.2, 0.25) is 0 Å². The number of carboxylic acids is 1. The number of hydrogen-bond donors (Lipinski definition) is 1. The molecule has 0 aromatic carbocycles. The number of thiophene rings is 1. The highest BCUT2D eigenvalue weighted by Crippen LogP contribution is 2.26. The van der Waals surface area contributed by atoms with E-state index < -0.39 is 5.97 Å². The lowest BCUT2D eigenvalue weighted by Gasteiger charge is -1.84. The van der Waals surface area contributed by atoms with Crippen LogP contribution in [0.25, 0.3) is 12.2 Å². The monoisotopic (exact) mass is 340 g/mol. The van der Waals surface area contributed by atoms with E-state index >= 15 is 0 Å². The van der Waals surface area contributed by atoms with E-state index in [-0.39, 0.29) is 5.69 Å². The van der Waals surface area contributed by atoms with Gasteiger partial charge in [0.05, 0.1) is 5.56 Å². The standard InChI is InChI=1S/C11H5BrN2O2S2/c12-10-9(11(15)16)14-8(18-10)2-1-7-3-6(4-13)5-17-7/h1-3,5H,(H,15,16)/b2-1+. The third-order valence-electron chi connectivity index (χ3n) is 1.94. The lowest BCUT2D eigenvalue weighted by atomic mass is 10.3. The van der Waals surface area contributed by atoms with Crippen molar-refractivity contribution in [2.45, 2.75) is 0 Å². The van der Waals surface area contributed by atoms with Gasteiger partial charge in [0.1, 0.15) is 14.9 Å². The van der Waals surface area contributed by atoms with Gasteiger partial charge in [-0.25, -0.2) is 9.78 Å². The first-order chi connectivity index (χ1) is 8.60. The van der Waals surface area contributed by atoms with Crippen molar-refractivity contribution in [1.82, 2.24) is 4.98 Å². The van der Waals surface area contributed by atoms with Gasteiger partial charge in [-0.3, -0.25) is 0 Å². The minimum atomic E-state index is -1.05. The molecule has 2 aromatic heterocycles. The van der Waals surface area contributed by atoms with Crippen molar-refractivity contribution in [2.75, 3.05) is 0 Å². The molecule has 0 bridgehead atoms. The Hall–Kier alpha value is -1.49. The second-order valence-electron chi connectivity index (χ2n) is 3.16. The molecule has 7 heteroatoms. The molecule has 0 radical (unpaired) electrons. The Bertz CT molecular complexity index is 667. The molecule has 0 aliphatic carbocycles. The summed E-state index contributed by atoms with van der Waals surface area (Å²) >= 11 is 5.86. The van der Waals surface area contributed by atoms with Crippen LogP contribution in [0.1, 0.15) is 25.9 Å². The zero-order valence-corrected chi connectivity index (χ0v) is 12.0. The van der Waals surface area contributed by atoms with Crippen LogP contribution in [0, 0.1) is 11.3 Å². The summed E-state index contributed by atoms with van der Waals surface area (Å²) in [6.45, 7) is 0. The fourth-order valence-electron chi connectivity index (χ4n) is 1.17. The fourth-order valence-corrected chi connectivity index (χ4v) is 3.34. The number of hydrogen-bond acceptors (Lipinski definition) is 5. The summed E-state index contributed by atoms with van der Waals surface area (Å²) in [7, 11) is 0. The molecule has 0 unspecified atom stereocenters. The number of thiazole rings is 1. The van der Waals surface area contributed by atoms with Crippen molar-refractivity contribution in [3.63, 3.8) is 0 Å². The first-order valence-corrected chi connectivity index (χ1v) is 7.15. The number of carbonyl (C=O) groups is 1. The largest absolute Gasteiger partial charge is 0.476 e. The van der Waals surface area contributed by atoms with Crippen LogP contribution < -0.4 is 0 Å². The summed E-state index contributed by atoms with van der Waals surface area (Å²) in [6.07, 6.45) is 3.54. The number of nitrogens with zero attached hydrogens (tertiary/aromatic N) is 2. The zero-order valence-electron chi connectivity index (χ0n) is 8.75. The number of aromatic carboxylic acids is 1. The molecule has 18 heavy (non-hydrogen) atoms. The van der Waals surface area contributed by atoms with E-state index in [1.165, 1.54) is 22.7 Å². The van der Waals surface area contributed by atoms with Gasteiger partial charge in [0.25, 0.3) is 0 Å². The summed E-state index contributed by atoms with van der Waals surface area (Å²) in [6, 6.07) is 3.82. The minimum absolute atomic E-state index is 0.0172. The van der Waals surface area contributed by atoms with Gasteiger partial charge in [-0.05, 0) is 34.1 Å². The van der Waals surface area contributed by atoms with Crippen LogP contribution in [0.5, 0.6) is 0 Å². The Kier molecular flexibility index (Phi) is 3.91. The Labute approximate surface area is 119 Å². The molecule has 90 valence electrons. The van der Waals surface area contributed by atoms with Gasteiger partial charge in [0.15, 0.2) is 5.69 Å². The highest BCUT2D eigenvalue weighted by molar-refractivity contribution is 9.11. The van der Waals surface area contributed by atoms with Gasteiger partial charge in [-0.15, -0.1) is 22.7 Å². The summed E-state index contributed by atoms with van der Waals surface area (Å²) in [5.41, 5.74) is 0.634. The number of aromatic nitrogens is 1. The number of carboxylic acid groups (broad SMARTS) is 1. The van der Waals surface area contributed by atoms with Gasteiger partial charge in [0, 0.05) is 10.3 Å². The van der Waals surface area contributed by atoms with E-state index in [4.69, 9.17) is 10.4 Å². The van der Waals surface area contributed by atoms with Crippen molar-refractivity contribution in [3.8, 4) is 6.07 Å². The molecule has 0 aliphatic rings. The van der Waals surface area contributed by atoms with Gasteiger partial charge in [-0.2, -0.15) is 5.26 Å². The van der Waals surface area contributed by atoms with Crippen LogP contribution in [-0.2, 0) is 0 Å². The summed E-state index contributed by atoms with van der Waals surface area (Å²) in [5, 5.41) is 19.9. The molecule has 2 rings (SSSR count). The van der Waals surface area contributed by atoms with E-state index in [0.717, 1.165) is 4.88 Å². The third-order valence-corrected chi connectivity index (χ3v) is 4.51. The minimum Gasteiger partial charge on any atom is -0.476 e. The molecule has 0 saturated heterocycles. The number of halogens is 1. The molecule has 2 heterocycles. The van der Waals surface area contributed by atoms with Crippen LogP contribution >= 0.6 is 38.6 Å². The van der Waals surface area contributed by atoms with Gasteiger partial charge in [-0.1, -0.05) is 0 Å². The average molecular weight is 341 g/mol. The van der Waals surface area contributed by atoms with Crippen molar-refractivity contribution in [3.05, 3.63) is 36.4 Å². The zero-order chi connectivity index (χ0) is 13.1. The summed E-state index contributed by atoms with van der Waals surface area (Å²) < 4.78 is 0.499. The van der Waals surface area contributed by atoms with Crippen LogP contribution in [0.15, 0.2) is 15.2 Å². The highest BCUT2D eigenvalue weighted by atomic mass is 79.9. The number of rotatable bonds is 3. The normalized spacial score (nSPS) is 10.7. The summed E-state index contributed by atoms with van der Waals surface area (Å²) in [5.74, 6) is -1.05. The van der Waals surface area contributed by atoms with Crippen LogP contribution in [-0.4, -0.2) is 16.1 Å². The molecule has 0 amide bonds. The van der Waals surface area contributed by atoms with Crippen molar-refractivity contribution >= 4 is 56.7 Å². The van der Waals surface area contributed by atoms with Crippen LogP contribution in [0.2, 0.25) is 0 Å². The maximum atomic E-state index is 10.8. The van der Waals surface area contributed by atoms with Crippen molar-refractivity contribution in [2.24, 2.45) is 0 Å². The quantitative estimate of drug-likeness (QED) is 0.924. The Morgan fingerprint density at radius 1 is 1.56 bits per heavy atom. The molecule has 0 atom stereocenters. The topological polar surface area (TPSA) is 74.0 Å². The van der Waals surface area contributed by atoms with Gasteiger partial charge >= 0.3 is 5.97 Å². The molecule has 1 N–H and O–H groups in total. The van der Waals surface area contributed by atoms with E-state index in [1.54, 1.807) is 17.5 Å². The van der Waals surface area contributed by atoms with Crippen molar-refractivity contribution < 1.29 is 9.90 Å². The molecule has 0 saturated carbocycles. The molecular formula is C11H5BrN2O2S2. The average Bonchev–Trinajstić information content (AvgIpc) is 2.92. The smallest absolute Gasteiger partial charge is 0.356 e. The first kappa shape index (κ1) is 13.0. The fraction of sp³-hybridized carbons (Fsp3) is 0. The predicted octanol–water partition coefficient (Wildman–Crippen LogP) is 3.71. The Morgan fingerprint density at radius 2 is 2.33 bits per heavy atom. The van der Waals surface area contributed by atoms with Crippen LogP contribution in [0.3, 0.4) is 0 Å². The molecule has 0 spiro atoms. The molecular weight excluding hydrogens is 336 g/mol. The Morgan fingerprint density at radius 3 is 2.89 bits per heavy atom. The maximum Gasteiger partial charge on any atom is 0.356 e. The van der Waals surface area contributed by atoms with Crippen molar-refractivity contribution in [1.29, 1.82) is 5.26 Å². The van der Waals surface area contributed by atoms with E-state index in [1.807, 2.05) is 6.08 Å². The van der Waals surface area contributed by atoms with E-state index in [2.05, 4.69) is 27.0 Å². The molecule has 2 aromatic rings.